The van der Waals surface area contributed by atoms with Gasteiger partial charge < -0.3 is 9.67 Å². The number of fused-ring (bicyclic) bond motifs is 1. The van der Waals surface area contributed by atoms with Crippen LogP contribution >= 0.6 is 0 Å². The molecule has 0 aliphatic heterocycles. The Labute approximate surface area is 161 Å². The molecule has 0 aliphatic carbocycles. The van der Waals surface area contributed by atoms with Crippen LogP contribution in [-0.4, -0.2) is 14.7 Å². The first kappa shape index (κ1) is 18.2. The summed E-state index contributed by atoms with van der Waals surface area (Å²) in [6.45, 7) is 4.19. The van der Waals surface area contributed by atoms with Crippen LogP contribution in [0, 0.1) is 18.6 Å². The SMILES string of the molecule is CCc1ncccc1-c1c(C)n(Cc2cc(F)ccc2F)c2ccc(O)cc12. The van der Waals surface area contributed by atoms with Crippen molar-refractivity contribution in [1.29, 1.82) is 0 Å². The monoisotopic (exact) mass is 378 g/mol. The van der Waals surface area contributed by atoms with Crippen molar-refractivity contribution < 1.29 is 13.9 Å². The normalized spacial score (nSPS) is 11.3. The number of hydrogen-bond donors (Lipinski definition) is 1. The van der Waals surface area contributed by atoms with Crippen LogP contribution in [0.5, 0.6) is 5.75 Å². The molecule has 1 N–H and O–H groups in total. The van der Waals surface area contributed by atoms with Crippen LogP contribution in [-0.2, 0) is 13.0 Å². The fourth-order valence-electron chi connectivity index (χ4n) is 3.80. The van der Waals surface area contributed by atoms with Crippen LogP contribution in [0.25, 0.3) is 22.0 Å². The Bertz CT molecular complexity index is 1180. The van der Waals surface area contributed by atoms with Crippen molar-refractivity contribution in [1.82, 2.24) is 9.55 Å². The smallest absolute Gasteiger partial charge is 0.128 e. The number of phenols is 1. The molecule has 0 saturated heterocycles. The Morgan fingerprint density at radius 1 is 1.07 bits per heavy atom. The summed E-state index contributed by atoms with van der Waals surface area (Å²) in [4.78, 5) is 4.48. The zero-order chi connectivity index (χ0) is 19.8. The number of aromatic nitrogens is 2. The van der Waals surface area contributed by atoms with Gasteiger partial charge in [0.15, 0.2) is 0 Å². The molecule has 5 heteroatoms. The highest BCUT2D eigenvalue weighted by atomic mass is 19.1. The Morgan fingerprint density at radius 2 is 1.89 bits per heavy atom. The molecule has 4 aromatic rings. The number of benzene rings is 2. The maximum Gasteiger partial charge on any atom is 0.128 e. The molecule has 2 aromatic carbocycles. The summed E-state index contributed by atoms with van der Waals surface area (Å²) in [5, 5.41) is 10.9. The minimum absolute atomic E-state index is 0.157. The fraction of sp³-hybridized carbons (Fsp3) is 0.174. The van der Waals surface area contributed by atoms with Crippen LogP contribution in [0.2, 0.25) is 0 Å². The van der Waals surface area contributed by atoms with Gasteiger partial charge in [0.25, 0.3) is 0 Å². The molecule has 0 fully saturated rings. The van der Waals surface area contributed by atoms with Gasteiger partial charge in [-0.3, -0.25) is 4.98 Å². The van der Waals surface area contributed by atoms with Gasteiger partial charge in [0.05, 0.1) is 6.54 Å². The van der Waals surface area contributed by atoms with Gasteiger partial charge in [-0.05, 0) is 55.8 Å². The lowest BCUT2D eigenvalue weighted by Gasteiger charge is -2.11. The molecule has 0 spiro atoms. The second kappa shape index (κ2) is 7.08. The van der Waals surface area contributed by atoms with E-state index in [1.807, 2.05) is 30.5 Å². The summed E-state index contributed by atoms with van der Waals surface area (Å²) in [6, 6.07) is 12.5. The van der Waals surface area contributed by atoms with Crippen LogP contribution in [0.15, 0.2) is 54.7 Å². The first-order valence-corrected chi connectivity index (χ1v) is 9.19. The van der Waals surface area contributed by atoms with Crippen LogP contribution in [0.1, 0.15) is 23.9 Å². The molecule has 0 radical (unpaired) electrons. The maximum atomic E-state index is 14.3. The van der Waals surface area contributed by atoms with E-state index in [-0.39, 0.29) is 17.9 Å². The molecule has 2 aromatic heterocycles. The molecule has 28 heavy (non-hydrogen) atoms. The zero-order valence-corrected chi connectivity index (χ0v) is 15.7. The van der Waals surface area contributed by atoms with E-state index < -0.39 is 11.6 Å². The van der Waals surface area contributed by atoms with E-state index in [4.69, 9.17) is 0 Å². The van der Waals surface area contributed by atoms with Gasteiger partial charge in [-0.1, -0.05) is 13.0 Å². The molecule has 4 rings (SSSR count). The highest BCUT2D eigenvalue weighted by Crippen LogP contribution is 2.38. The molecule has 0 saturated carbocycles. The summed E-state index contributed by atoms with van der Waals surface area (Å²) in [5.74, 6) is -0.757. The van der Waals surface area contributed by atoms with Gasteiger partial charge in [-0.15, -0.1) is 0 Å². The number of pyridine rings is 1. The predicted molar refractivity (Wildman–Crippen MR) is 106 cm³/mol. The third-order valence-corrected chi connectivity index (χ3v) is 5.14. The molecule has 0 unspecified atom stereocenters. The van der Waals surface area contributed by atoms with Crippen molar-refractivity contribution in [2.24, 2.45) is 0 Å². The number of phenolic OH excluding ortho intramolecular Hbond substituents is 1. The van der Waals surface area contributed by atoms with E-state index in [0.717, 1.165) is 52.0 Å². The molecule has 0 amide bonds. The van der Waals surface area contributed by atoms with Crippen molar-refractivity contribution in [3.63, 3.8) is 0 Å². The quantitative estimate of drug-likeness (QED) is 0.501. The van der Waals surface area contributed by atoms with Crippen LogP contribution in [0.4, 0.5) is 8.78 Å². The first-order chi connectivity index (χ1) is 13.5. The fourth-order valence-corrected chi connectivity index (χ4v) is 3.80. The Balaban J connectivity index is 1.98. The van der Waals surface area contributed by atoms with Gasteiger partial charge in [-0.25, -0.2) is 8.78 Å². The van der Waals surface area contributed by atoms with Gasteiger partial charge in [0, 0.05) is 45.2 Å². The van der Waals surface area contributed by atoms with Gasteiger partial charge in [0.2, 0.25) is 0 Å². The van der Waals surface area contributed by atoms with Crippen molar-refractivity contribution in [3.8, 4) is 16.9 Å². The number of rotatable bonds is 4. The Kier molecular flexibility index (Phi) is 4.59. The second-order valence-corrected chi connectivity index (χ2v) is 6.83. The van der Waals surface area contributed by atoms with E-state index in [0.29, 0.717) is 0 Å². The largest absolute Gasteiger partial charge is 0.508 e. The Hall–Kier alpha value is -3.21. The average Bonchev–Trinajstić information content (AvgIpc) is 2.95. The molecule has 2 heterocycles. The summed E-state index contributed by atoms with van der Waals surface area (Å²) in [5.41, 5.74) is 4.92. The molecule has 142 valence electrons. The highest BCUT2D eigenvalue weighted by Gasteiger charge is 2.19. The minimum atomic E-state index is -0.469. The van der Waals surface area contributed by atoms with Gasteiger partial charge in [-0.2, -0.15) is 0 Å². The van der Waals surface area contributed by atoms with E-state index in [9.17, 15) is 13.9 Å². The lowest BCUT2D eigenvalue weighted by atomic mass is 9.99. The van der Waals surface area contributed by atoms with Crippen LogP contribution in [0.3, 0.4) is 0 Å². The molecule has 0 bridgehead atoms. The minimum Gasteiger partial charge on any atom is -0.508 e. The molecular formula is C23H20F2N2O. The second-order valence-electron chi connectivity index (χ2n) is 6.83. The topological polar surface area (TPSA) is 38.0 Å². The molecule has 0 atom stereocenters. The molecule has 0 aliphatic rings. The predicted octanol–water partition coefficient (Wildman–Crippen LogP) is 5.61. The summed E-state index contributed by atoms with van der Waals surface area (Å²) >= 11 is 0. The van der Waals surface area contributed by atoms with E-state index in [2.05, 4.69) is 4.98 Å². The summed E-state index contributed by atoms with van der Waals surface area (Å²) in [6.07, 6.45) is 2.52. The lowest BCUT2D eigenvalue weighted by molar-refractivity contribution is 0.476. The van der Waals surface area contributed by atoms with Crippen molar-refractivity contribution >= 4 is 10.9 Å². The Morgan fingerprint density at radius 3 is 2.68 bits per heavy atom. The van der Waals surface area contributed by atoms with Crippen LogP contribution < -0.4 is 0 Å². The summed E-state index contributed by atoms with van der Waals surface area (Å²) < 4.78 is 29.9. The van der Waals surface area contributed by atoms with E-state index >= 15 is 0 Å². The third kappa shape index (κ3) is 3.03. The van der Waals surface area contributed by atoms with Gasteiger partial charge >= 0.3 is 0 Å². The summed E-state index contributed by atoms with van der Waals surface area (Å²) in [7, 11) is 0. The first-order valence-electron chi connectivity index (χ1n) is 9.19. The molecule has 3 nitrogen and oxygen atoms in total. The number of aromatic hydroxyl groups is 1. The van der Waals surface area contributed by atoms with Gasteiger partial charge in [0.1, 0.15) is 17.4 Å². The average molecular weight is 378 g/mol. The standard InChI is InChI=1S/C23H20F2N2O/c1-3-21-18(5-4-10-26-21)23-14(2)27(22-9-7-17(28)12-19(22)23)13-15-11-16(24)6-8-20(15)25/h4-12,28H,3,13H2,1-2H3. The highest BCUT2D eigenvalue weighted by molar-refractivity contribution is 5.99. The number of aryl methyl sites for hydroxylation is 1. The van der Waals surface area contributed by atoms with E-state index in [1.54, 1.807) is 24.4 Å². The lowest BCUT2D eigenvalue weighted by Crippen LogP contribution is -2.04. The third-order valence-electron chi connectivity index (χ3n) is 5.14. The maximum absolute atomic E-state index is 14.3. The number of halogens is 2. The number of nitrogens with zero attached hydrogens (tertiary/aromatic N) is 2. The van der Waals surface area contributed by atoms with Crippen molar-refractivity contribution in [3.05, 3.63) is 83.3 Å². The number of hydrogen-bond acceptors (Lipinski definition) is 2. The molecular weight excluding hydrogens is 358 g/mol. The van der Waals surface area contributed by atoms with E-state index in [1.165, 1.54) is 6.07 Å². The zero-order valence-electron chi connectivity index (χ0n) is 15.7. The van der Waals surface area contributed by atoms with Crippen molar-refractivity contribution in [2.75, 3.05) is 0 Å². The van der Waals surface area contributed by atoms with Crippen molar-refractivity contribution in [2.45, 2.75) is 26.8 Å².